The second kappa shape index (κ2) is 2.74. The normalized spacial score (nSPS) is 18.6. The molecule has 44 valence electrons. The lowest BCUT2D eigenvalue weighted by molar-refractivity contribution is 0.401. The molecular weight excluding hydrogens is 98.1 g/mol. The minimum atomic E-state index is 0.524. The van der Waals surface area contributed by atoms with E-state index in [1.807, 2.05) is 0 Å². The van der Waals surface area contributed by atoms with Crippen molar-refractivity contribution in [3.05, 3.63) is 0 Å². The third kappa shape index (κ3) is 1.24. The number of nitrogens with two attached hydrogens (primary N) is 1. The van der Waals surface area contributed by atoms with E-state index in [0.29, 0.717) is 12.5 Å². The van der Waals surface area contributed by atoms with Crippen LogP contribution in [-0.2, 0) is 0 Å². The summed E-state index contributed by atoms with van der Waals surface area (Å²) in [6, 6.07) is 0. The first kappa shape index (κ1) is 5.65. The van der Waals surface area contributed by atoms with E-state index in [9.17, 15) is 0 Å². The second-order valence-electron chi connectivity index (χ2n) is 2.15. The SMILES string of the molecule is NCC#CC1CCC1. The zero-order chi connectivity index (χ0) is 5.82. The van der Waals surface area contributed by atoms with Gasteiger partial charge in [-0.1, -0.05) is 18.3 Å². The first-order chi connectivity index (χ1) is 3.93. The molecule has 0 atom stereocenters. The molecular formula is C7H11N. The Morgan fingerprint density at radius 3 is 2.62 bits per heavy atom. The molecule has 1 nitrogen and oxygen atoms in total. The molecule has 0 unspecified atom stereocenters. The molecule has 1 heteroatoms. The van der Waals surface area contributed by atoms with E-state index >= 15 is 0 Å². The molecule has 0 bridgehead atoms. The average Bonchev–Trinajstić information content (AvgIpc) is 1.63. The van der Waals surface area contributed by atoms with Crippen LogP contribution in [0.25, 0.3) is 0 Å². The highest BCUT2D eigenvalue weighted by molar-refractivity contribution is 5.06. The zero-order valence-corrected chi connectivity index (χ0v) is 4.98. The largest absolute Gasteiger partial charge is 0.320 e. The predicted octanol–water partition coefficient (Wildman–Crippen LogP) is 0.749. The van der Waals surface area contributed by atoms with Gasteiger partial charge in [0, 0.05) is 5.92 Å². The third-order valence-electron chi connectivity index (χ3n) is 1.51. The molecule has 1 rings (SSSR count). The monoisotopic (exact) mass is 109 g/mol. The molecule has 1 aliphatic carbocycles. The van der Waals surface area contributed by atoms with Crippen LogP contribution in [0, 0.1) is 17.8 Å². The summed E-state index contributed by atoms with van der Waals surface area (Å²) in [7, 11) is 0. The van der Waals surface area contributed by atoms with Crippen LogP contribution in [0.4, 0.5) is 0 Å². The summed E-state index contributed by atoms with van der Waals surface area (Å²) in [5.74, 6) is 6.66. The predicted molar refractivity (Wildman–Crippen MR) is 34.2 cm³/mol. The molecule has 1 fully saturated rings. The molecule has 0 saturated heterocycles. The van der Waals surface area contributed by atoms with E-state index in [-0.39, 0.29) is 0 Å². The standard InChI is InChI=1S/C7H11N/c8-6-2-5-7-3-1-4-7/h7H,1,3-4,6,8H2. The highest BCUT2D eigenvalue weighted by atomic mass is 14.5. The zero-order valence-electron chi connectivity index (χ0n) is 4.98. The summed E-state index contributed by atoms with van der Waals surface area (Å²) in [6.45, 7) is 0.524. The first-order valence-corrected chi connectivity index (χ1v) is 3.12. The Hall–Kier alpha value is -0.480. The summed E-state index contributed by atoms with van der Waals surface area (Å²) in [5.41, 5.74) is 5.18. The fraction of sp³-hybridized carbons (Fsp3) is 0.714. The van der Waals surface area contributed by atoms with Crippen LogP contribution in [0.1, 0.15) is 19.3 Å². The fourth-order valence-electron chi connectivity index (χ4n) is 0.756. The summed E-state index contributed by atoms with van der Waals surface area (Å²) in [5, 5.41) is 0. The van der Waals surface area contributed by atoms with Crippen molar-refractivity contribution < 1.29 is 0 Å². The molecule has 0 spiro atoms. The lowest BCUT2D eigenvalue weighted by Crippen LogP contribution is -2.08. The number of hydrogen-bond donors (Lipinski definition) is 1. The van der Waals surface area contributed by atoms with Crippen LogP contribution in [0.15, 0.2) is 0 Å². The van der Waals surface area contributed by atoms with Crippen molar-refractivity contribution in [1.29, 1.82) is 0 Å². The van der Waals surface area contributed by atoms with Gasteiger partial charge in [-0.25, -0.2) is 0 Å². The summed E-state index contributed by atoms with van der Waals surface area (Å²) in [6.07, 6.45) is 3.96. The van der Waals surface area contributed by atoms with Crippen LogP contribution in [0.5, 0.6) is 0 Å². The molecule has 1 saturated carbocycles. The van der Waals surface area contributed by atoms with E-state index < -0.39 is 0 Å². The van der Waals surface area contributed by atoms with Crippen molar-refractivity contribution in [2.45, 2.75) is 19.3 Å². The second-order valence-corrected chi connectivity index (χ2v) is 2.15. The van der Waals surface area contributed by atoms with Gasteiger partial charge in [-0.05, 0) is 12.8 Å². The van der Waals surface area contributed by atoms with Gasteiger partial charge in [0.05, 0.1) is 6.54 Å². The molecule has 0 radical (unpaired) electrons. The van der Waals surface area contributed by atoms with Gasteiger partial charge in [0.1, 0.15) is 0 Å². The Morgan fingerprint density at radius 2 is 2.25 bits per heavy atom. The molecule has 0 aliphatic heterocycles. The Morgan fingerprint density at radius 1 is 1.50 bits per heavy atom. The van der Waals surface area contributed by atoms with Gasteiger partial charge in [0.15, 0.2) is 0 Å². The molecule has 0 aromatic heterocycles. The minimum Gasteiger partial charge on any atom is -0.320 e. The van der Waals surface area contributed by atoms with E-state index in [1.54, 1.807) is 0 Å². The maximum absolute atomic E-state index is 5.18. The fourth-order valence-corrected chi connectivity index (χ4v) is 0.756. The van der Waals surface area contributed by atoms with Crippen molar-refractivity contribution in [1.82, 2.24) is 0 Å². The third-order valence-corrected chi connectivity index (χ3v) is 1.51. The molecule has 8 heavy (non-hydrogen) atoms. The number of rotatable bonds is 0. The van der Waals surface area contributed by atoms with Gasteiger partial charge in [0.25, 0.3) is 0 Å². The average molecular weight is 109 g/mol. The van der Waals surface area contributed by atoms with Crippen molar-refractivity contribution in [3.63, 3.8) is 0 Å². The first-order valence-electron chi connectivity index (χ1n) is 3.12. The lowest BCUT2D eigenvalue weighted by Gasteiger charge is -2.18. The Bertz CT molecular complexity index is 114. The van der Waals surface area contributed by atoms with Crippen molar-refractivity contribution >= 4 is 0 Å². The van der Waals surface area contributed by atoms with Crippen LogP contribution in [0.2, 0.25) is 0 Å². The minimum absolute atomic E-state index is 0.524. The van der Waals surface area contributed by atoms with Gasteiger partial charge < -0.3 is 5.73 Å². The van der Waals surface area contributed by atoms with Crippen molar-refractivity contribution in [2.24, 2.45) is 11.7 Å². The maximum atomic E-state index is 5.18. The highest BCUT2D eigenvalue weighted by Gasteiger charge is 2.13. The summed E-state index contributed by atoms with van der Waals surface area (Å²) < 4.78 is 0. The molecule has 1 aliphatic rings. The Kier molecular flexibility index (Phi) is 1.93. The van der Waals surface area contributed by atoms with Gasteiger partial charge in [-0.2, -0.15) is 0 Å². The van der Waals surface area contributed by atoms with E-state index in [2.05, 4.69) is 11.8 Å². The van der Waals surface area contributed by atoms with Crippen LogP contribution in [0.3, 0.4) is 0 Å². The van der Waals surface area contributed by atoms with Crippen molar-refractivity contribution in [2.75, 3.05) is 6.54 Å². The summed E-state index contributed by atoms with van der Waals surface area (Å²) >= 11 is 0. The quantitative estimate of drug-likeness (QED) is 0.456. The van der Waals surface area contributed by atoms with Gasteiger partial charge in [-0.3, -0.25) is 0 Å². The molecule has 2 N–H and O–H groups in total. The van der Waals surface area contributed by atoms with Crippen LogP contribution in [-0.4, -0.2) is 6.54 Å². The lowest BCUT2D eigenvalue weighted by atomic mass is 9.86. The van der Waals surface area contributed by atoms with E-state index in [4.69, 9.17) is 5.73 Å². The van der Waals surface area contributed by atoms with Crippen LogP contribution >= 0.6 is 0 Å². The molecule has 0 aromatic carbocycles. The molecule has 0 amide bonds. The van der Waals surface area contributed by atoms with Gasteiger partial charge in [0.2, 0.25) is 0 Å². The summed E-state index contributed by atoms with van der Waals surface area (Å²) in [4.78, 5) is 0. The molecule has 0 aromatic rings. The van der Waals surface area contributed by atoms with Gasteiger partial charge >= 0.3 is 0 Å². The maximum Gasteiger partial charge on any atom is 0.0551 e. The Balaban J connectivity index is 2.16. The molecule has 0 heterocycles. The smallest absolute Gasteiger partial charge is 0.0551 e. The van der Waals surface area contributed by atoms with E-state index in [1.165, 1.54) is 19.3 Å². The van der Waals surface area contributed by atoms with E-state index in [0.717, 1.165) is 0 Å². The number of hydrogen-bond acceptors (Lipinski definition) is 1. The van der Waals surface area contributed by atoms with Gasteiger partial charge in [-0.15, -0.1) is 0 Å². The Labute approximate surface area is 50.3 Å². The topological polar surface area (TPSA) is 26.0 Å². The highest BCUT2D eigenvalue weighted by Crippen LogP contribution is 2.24. The van der Waals surface area contributed by atoms with Crippen molar-refractivity contribution in [3.8, 4) is 11.8 Å². The van der Waals surface area contributed by atoms with Crippen LogP contribution < -0.4 is 5.73 Å².